The summed E-state index contributed by atoms with van der Waals surface area (Å²) in [6, 6.07) is 0.559. The Labute approximate surface area is 96.7 Å². The largest absolute Gasteiger partial charge is 0.393 e. The highest BCUT2D eigenvalue weighted by Crippen LogP contribution is 2.18. The fraction of sp³-hybridized carbons (Fsp3) is 0.750. The Balaban J connectivity index is 1.79. The van der Waals surface area contributed by atoms with E-state index in [0.717, 1.165) is 38.8 Å². The topological polar surface area (TPSA) is 50.1 Å². The predicted molar refractivity (Wildman–Crippen MR) is 63.0 cm³/mol. The molecule has 2 rings (SSSR count). The highest BCUT2D eigenvalue weighted by Gasteiger charge is 2.18. The normalized spacial score (nSPS) is 25.9. The van der Waals surface area contributed by atoms with Crippen LogP contribution in [0.4, 0.5) is 0 Å². The summed E-state index contributed by atoms with van der Waals surface area (Å²) in [6.07, 6.45) is 7.77. The van der Waals surface area contributed by atoms with Gasteiger partial charge in [-0.2, -0.15) is 0 Å². The van der Waals surface area contributed by atoms with Crippen LogP contribution in [0.5, 0.6) is 0 Å². The third-order valence-electron chi connectivity index (χ3n) is 3.41. The van der Waals surface area contributed by atoms with Gasteiger partial charge in [-0.1, -0.05) is 0 Å². The zero-order chi connectivity index (χ0) is 11.4. The lowest BCUT2D eigenvalue weighted by Gasteiger charge is -2.26. The van der Waals surface area contributed by atoms with Crippen molar-refractivity contribution in [3.8, 4) is 0 Å². The van der Waals surface area contributed by atoms with Gasteiger partial charge in [-0.05, 0) is 32.6 Å². The number of imidazole rings is 1. The highest BCUT2D eigenvalue weighted by molar-refractivity contribution is 4.98. The van der Waals surface area contributed by atoms with Gasteiger partial charge in [0.2, 0.25) is 0 Å². The van der Waals surface area contributed by atoms with E-state index in [9.17, 15) is 5.11 Å². The molecule has 1 aliphatic rings. The average Bonchev–Trinajstić information content (AvgIpc) is 2.76. The molecule has 2 N–H and O–H groups in total. The maximum atomic E-state index is 9.42. The van der Waals surface area contributed by atoms with Gasteiger partial charge in [-0.15, -0.1) is 0 Å². The van der Waals surface area contributed by atoms with Crippen LogP contribution in [0.2, 0.25) is 0 Å². The summed E-state index contributed by atoms with van der Waals surface area (Å²) in [6.45, 7) is 3.98. The van der Waals surface area contributed by atoms with Crippen LogP contribution >= 0.6 is 0 Å². The van der Waals surface area contributed by atoms with E-state index in [1.807, 2.05) is 12.5 Å². The molecular formula is C12H21N3O. The van der Waals surface area contributed by atoms with Crippen molar-refractivity contribution in [3.63, 3.8) is 0 Å². The molecule has 0 unspecified atom stereocenters. The van der Waals surface area contributed by atoms with Gasteiger partial charge >= 0.3 is 0 Å². The first kappa shape index (κ1) is 11.6. The number of aliphatic hydroxyl groups is 1. The van der Waals surface area contributed by atoms with Gasteiger partial charge in [0, 0.05) is 25.3 Å². The summed E-state index contributed by atoms with van der Waals surface area (Å²) < 4.78 is 2.16. The third-order valence-corrected chi connectivity index (χ3v) is 3.41. The lowest BCUT2D eigenvalue weighted by molar-refractivity contribution is 0.116. The Morgan fingerprint density at radius 3 is 2.88 bits per heavy atom. The zero-order valence-corrected chi connectivity index (χ0v) is 9.89. The molecule has 1 saturated carbocycles. The number of aryl methyl sites for hydroxylation is 1. The molecule has 0 saturated heterocycles. The van der Waals surface area contributed by atoms with Crippen molar-refractivity contribution in [2.24, 2.45) is 0 Å². The molecule has 1 fully saturated rings. The standard InChI is InChI=1S/C12H21N3O/c1-2-15-9-13-7-11(15)8-14-10-3-5-12(16)6-4-10/h7,9-10,12,14,16H,2-6,8H2,1H3. The van der Waals surface area contributed by atoms with E-state index >= 15 is 0 Å². The second kappa shape index (κ2) is 5.46. The molecule has 0 aliphatic heterocycles. The minimum Gasteiger partial charge on any atom is -0.393 e. The molecule has 0 amide bonds. The molecule has 4 heteroatoms. The highest BCUT2D eigenvalue weighted by atomic mass is 16.3. The number of rotatable bonds is 4. The summed E-state index contributed by atoms with van der Waals surface area (Å²) in [5, 5.41) is 13.0. The summed E-state index contributed by atoms with van der Waals surface area (Å²) in [4.78, 5) is 4.15. The second-order valence-corrected chi connectivity index (χ2v) is 4.56. The molecule has 0 bridgehead atoms. The minimum absolute atomic E-state index is 0.0702. The Morgan fingerprint density at radius 1 is 1.44 bits per heavy atom. The summed E-state index contributed by atoms with van der Waals surface area (Å²) in [5.74, 6) is 0. The summed E-state index contributed by atoms with van der Waals surface area (Å²) in [5.41, 5.74) is 1.24. The van der Waals surface area contributed by atoms with E-state index < -0.39 is 0 Å². The van der Waals surface area contributed by atoms with Crippen LogP contribution in [0.25, 0.3) is 0 Å². The fourth-order valence-corrected chi connectivity index (χ4v) is 2.31. The van der Waals surface area contributed by atoms with E-state index in [1.165, 1.54) is 5.69 Å². The van der Waals surface area contributed by atoms with Crippen molar-refractivity contribution in [3.05, 3.63) is 18.2 Å². The molecule has 0 aromatic carbocycles. The molecule has 4 nitrogen and oxygen atoms in total. The fourth-order valence-electron chi connectivity index (χ4n) is 2.31. The van der Waals surface area contributed by atoms with Crippen molar-refractivity contribution in [1.29, 1.82) is 0 Å². The van der Waals surface area contributed by atoms with Gasteiger partial charge < -0.3 is 15.0 Å². The molecule has 1 aliphatic carbocycles. The number of aliphatic hydroxyl groups excluding tert-OH is 1. The summed E-state index contributed by atoms with van der Waals surface area (Å²) in [7, 11) is 0. The molecule has 16 heavy (non-hydrogen) atoms. The van der Waals surface area contributed by atoms with E-state index in [2.05, 4.69) is 21.8 Å². The number of nitrogens with zero attached hydrogens (tertiary/aromatic N) is 2. The Hall–Kier alpha value is -0.870. The number of aromatic nitrogens is 2. The monoisotopic (exact) mass is 223 g/mol. The van der Waals surface area contributed by atoms with Gasteiger partial charge in [0.05, 0.1) is 18.1 Å². The van der Waals surface area contributed by atoms with E-state index in [0.29, 0.717) is 6.04 Å². The molecule has 1 aromatic rings. The first-order valence-corrected chi connectivity index (χ1v) is 6.20. The first-order valence-electron chi connectivity index (χ1n) is 6.20. The van der Waals surface area contributed by atoms with E-state index in [1.54, 1.807) is 0 Å². The molecule has 0 atom stereocenters. The van der Waals surface area contributed by atoms with E-state index in [-0.39, 0.29) is 6.10 Å². The molecule has 1 aromatic heterocycles. The van der Waals surface area contributed by atoms with Gasteiger partial charge in [0.25, 0.3) is 0 Å². The summed E-state index contributed by atoms with van der Waals surface area (Å²) >= 11 is 0. The van der Waals surface area contributed by atoms with Crippen LogP contribution < -0.4 is 5.32 Å². The smallest absolute Gasteiger partial charge is 0.0948 e. The van der Waals surface area contributed by atoms with Crippen molar-refractivity contribution >= 4 is 0 Å². The Kier molecular flexibility index (Phi) is 3.96. The predicted octanol–water partition coefficient (Wildman–Crippen LogP) is 1.30. The van der Waals surface area contributed by atoms with Crippen LogP contribution in [0.1, 0.15) is 38.3 Å². The van der Waals surface area contributed by atoms with Crippen molar-refractivity contribution in [1.82, 2.24) is 14.9 Å². The average molecular weight is 223 g/mol. The van der Waals surface area contributed by atoms with Crippen molar-refractivity contribution in [2.45, 2.75) is 57.8 Å². The van der Waals surface area contributed by atoms with Crippen LogP contribution in [-0.4, -0.2) is 26.8 Å². The van der Waals surface area contributed by atoms with Gasteiger partial charge in [0.1, 0.15) is 0 Å². The van der Waals surface area contributed by atoms with Crippen molar-refractivity contribution < 1.29 is 5.11 Å². The second-order valence-electron chi connectivity index (χ2n) is 4.56. The van der Waals surface area contributed by atoms with Gasteiger partial charge in [0.15, 0.2) is 0 Å². The lowest BCUT2D eigenvalue weighted by Crippen LogP contribution is -2.34. The van der Waals surface area contributed by atoms with Crippen LogP contribution in [0.3, 0.4) is 0 Å². The van der Waals surface area contributed by atoms with E-state index in [4.69, 9.17) is 0 Å². The lowest BCUT2D eigenvalue weighted by atomic mass is 9.93. The Morgan fingerprint density at radius 2 is 2.19 bits per heavy atom. The first-order chi connectivity index (χ1) is 7.79. The molecule has 90 valence electrons. The van der Waals surface area contributed by atoms with Gasteiger partial charge in [-0.25, -0.2) is 4.98 Å². The minimum atomic E-state index is -0.0702. The zero-order valence-electron chi connectivity index (χ0n) is 9.89. The van der Waals surface area contributed by atoms with Crippen LogP contribution in [0.15, 0.2) is 12.5 Å². The molecular weight excluding hydrogens is 202 g/mol. The number of hydrogen-bond acceptors (Lipinski definition) is 3. The quantitative estimate of drug-likeness (QED) is 0.809. The third kappa shape index (κ3) is 2.83. The number of nitrogens with one attached hydrogen (secondary N) is 1. The molecule has 0 spiro atoms. The SMILES string of the molecule is CCn1cncc1CNC1CCC(O)CC1. The number of hydrogen-bond donors (Lipinski definition) is 2. The molecule has 1 heterocycles. The van der Waals surface area contributed by atoms with Crippen molar-refractivity contribution in [2.75, 3.05) is 0 Å². The maximum absolute atomic E-state index is 9.42. The molecule has 0 radical (unpaired) electrons. The van der Waals surface area contributed by atoms with Crippen LogP contribution in [-0.2, 0) is 13.1 Å². The van der Waals surface area contributed by atoms with Gasteiger partial charge in [-0.3, -0.25) is 0 Å². The maximum Gasteiger partial charge on any atom is 0.0948 e. The Bertz CT molecular complexity index is 316. The van der Waals surface area contributed by atoms with Crippen LogP contribution in [0, 0.1) is 0 Å².